The highest BCUT2D eigenvalue weighted by Gasteiger charge is 2.21. The van der Waals surface area contributed by atoms with Crippen LogP contribution in [0.1, 0.15) is 18.4 Å². The third-order valence-corrected chi connectivity index (χ3v) is 5.19. The zero-order chi connectivity index (χ0) is 19.2. The number of nitro groups is 1. The van der Waals surface area contributed by atoms with E-state index in [1.54, 1.807) is 0 Å². The first kappa shape index (κ1) is 19.3. The zero-order valence-electron chi connectivity index (χ0n) is 14.9. The first-order chi connectivity index (χ1) is 13.0. The van der Waals surface area contributed by atoms with E-state index < -0.39 is 4.92 Å². The second kappa shape index (κ2) is 8.97. The number of hydrogen-bond donors (Lipinski definition) is 1. The second-order valence-corrected chi connectivity index (χ2v) is 7.29. The molecule has 0 atom stereocenters. The van der Waals surface area contributed by atoms with Crippen molar-refractivity contribution in [3.63, 3.8) is 0 Å². The number of anilines is 1. The number of non-ortho nitro benzene ring substituents is 1. The van der Waals surface area contributed by atoms with Gasteiger partial charge in [0.2, 0.25) is 5.91 Å². The Kier molecular flexibility index (Phi) is 6.42. The SMILES string of the molecule is O=C(CN1CCC(Cc2ccccc2)CC1)Nc1ccc([N+](=O)[O-])cc1Cl. The summed E-state index contributed by atoms with van der Waals surface area (Å²) in [6, 6.07) is 14.5. The van der Waals surface area contributed by atoms with Crippen LogP contribution in [0.3, 0.4) is 0 Å². The molecule has 0 unspecified atom stereocenters. The largest absolute Gasteiger partial charge is 0.324 e. The zero-order valence-corrected chi connectivity index (χ0v) is 15.7. The molecule has 6 nitrogen and oxygen atoms in total. The van der Waals surface area contributed by atoms with E-state index in [1.807, 2.05) is 6.07 Å². The van der Waals surface area contributed by atoms with E-state index in [4.69, 9.17) is 11.6 Å². The van der Waals surface area contributed by atoms with Gasteiger partial charge >= 0.3 is 0 Å². The van der Waals surface area contributed by atoms with Crippen molar-refractivity contribution in [2.75, 3.05) is 25.0 Å². The number of piperidine rings is 1. The lowest BCUT2D eigenvalue weighted by molar-refractivity contribution is -0.384. The van der Waals surface area contributed by atoms with Crippen molar-refractivity contribution >= 4 is 28.9 Å². The lowest BCUT2D eigenvalue weighted by atomic mass is 9.90. The van der Waals surface area contributed by atoms with Crippen molar-refractivity contribution in [2.24, 2.45) is 5.92 Å². The molecule has 1 fully saturated rings. The average Bonchev–Trinajstić information content (AvgIpc) is 2.65. The minimum atomic E-state index is -0.517. The number of likely N-dealkylation sites (tertiary alicyclic amines) is 1. The summed E-state index contributed by atoms with van der Waals surface area (Å²) in [5, 5.41) is 13.6. The van der Waals surface area contributed by atoms with Gasteiger partial charge in [0.1, 0.15) is 0 Å². The molecule has 0 aromatic heterocycles. The molecule has 7 heteroatoms. The maximum Gasteiger partial charge on any atom is 0.271 e. The molecule has 142 valence electrons. The minimum Gasteiger partial charge on any atom is -0.324 e. The molecular weight excluding hydrogens is 366 g/mol. The predicted molar refractivity (Wildman–Crippen MR) is 106 cm³/mol. The number of halogens is 1. The smallest absolute Gasteiger partial charge is 0.271 e. The van der Waals surface area contributed by atoms with Crippen molar-refractivity contribution in [2.45, 2.75) is 19.3 Å². The first-order valence-corrected chi connectivity index (χ1v) is 9.39. The molecular formula is C20H22ClN3O3. The number of carbonyl (C=O) groups is 1. The molecule has 1 N–H and O–H groups in total. The lowest BCUT2D eigenvalue weighted by Crippen LogP contribution is -2.39. The Morgan fingerprint density at radius 1 is 1.19 bits per heavy atom. The summed E-state index contributed by atoms with van der Waals surface area (Å²) in [7, 11) is 0. The maximum absolute atomic E-state index is 12.3. The van der Waals surface area contributed by atoms with Crippen molar-refractivity contribution < 1.29 is 9.72 Å². The fourth-order valence-corrected chi connectivity index (χ4v) is 3.63. The van der Waals surface area contributed by atoms with E-state index in [0.717, 1.165) is 32.4 Å². The number of carbonyl (C=O) groups excluding carboxylic acids is 1. The van der Waals surface area contributed by atoms with Gasteiger partial charge in [0.05, 0.1) is 22.2 Å². The number of benzene rings is 2. The average molecular weight is 388 g/mol. The van der Waals surface area contributed by atoms with Gasteiger partial charge in [-0.25, -0.2) is 0 Å². The van der Waals surface area contributed by atoms with Gasteiger partial charge in [-0.3, -0.25) is 19.8 Å². The highest BCUT2D eigenvalue weighted by atomic mass is 35.5. The molecule has 0 saturated carbocycles. The number of hydrogen-bond acceptors (Lipinski definition) is 4. The Labute approximate surface area is 163 Å². The van der Waals surface area contributed by atoms with Crippen molar-refractivity contribution in [3.8, 4) is 0 Å². The molecule has 0 aliphatic carbocycles. The lowest BCUT2D eigenvalue weighted by Gasteiger charge is -2.31. The summed E-state index contributed by atoms with van der Waals surface area (Å²) < 4.78 is 0. The third kappa shape index (κ3) is 5.52. The van der Waals surface area contributed by atoms with Gasteiger partial charge in [-0.15, -0.1) is 0 Å². The van der Waals surface area contributed by atoms with Gasteiger partial charge in [-0.05, 0) is 49.9 Å². The number of amides is 1. The Bertz CT molecular complexity index is 805. The van der Waals surface area contributed by atoms with Crippen LogP contribution in [0.2, 0.25) is 5.02 Å². The molecule has 1 aliphatic heterocycles. The van der Waals surface area contributed by atoms with E-state index in [-0.39, 0.29) is 16.6 Å². The molecule has 1 heterocycles. The summed E-state index contributed by atoms with van der Waals surface area (Å²) >= 11 is 6.02. The topological polar surface area (TPSA) is 75.5 Å². The predicted octanol–water partition coefficient (Wildman–Crippen LogP) is 4.14. The molecule has 27 heavy (non-hydrogen) atoms. The third-order valence-electron chi connectivity index (χ3n) is 4.88. The van der Waals surface area contributed by atoms with Crippen LogP contribution in [0, 0.1) is 16.0 Å². The van der Waals surface area contributed by atoms with E-state index in [9.17, 15) is 14.9 Å². The molecule has 2 aromatic rings. The highest BCUT2D eigenvalue weighted by Crippen LogP contribution is 2.27. The Morgan fingerprint density at radius 2 is 1.89 bits per heavy atom. The monoisotopic (exact) mass is 387 g/mol. The van der Waals surface area contributed by atoms with Gasteiger partial charge in [-0.2, -0.15) is 0 Å². The van der Waals surface area contributed by atoms with E-state index in [0.29, 0.717) is 18.2 Å². The van der Waals surface area contributed by atoms with Crippen molar-refractivity contribution in [3.05, 3.63) is 69.2 Å². The van der Waals surface area contributed by atoms with Gasteiger partial charge in [-0.1, -0.05) is 41.9 Å². The van der Waals surface area contributed by atoms with Gasteiger partial charge in [0.15, 0.2) is 0 Å². The second-order valence-electron chi connectivity index (χ2n) is 6.88. The minimum absolute atomic E-state index is 0.0986. The Balaban J connectivity index is 1.46. The molecule has 0 spiro atoms. The summed E-state index contributed by atoms with van der Waals surface area (Å²) in [6.07, 6.45) is 3.22. The van der Waals surface area contributed by atoms with Gasteiger partial charge < -0.3 is 5.32 Å². The Hall–Kier alpha value is -2.44. The standard InChI is InChI=1S/C20H22ClN3O3/c21-18-13-17(24(26)27)6-7-19(18)22-20(25)14-23-10-8-16(9-11-23)12-15-4-2-1-3-5-15/h1-7,13,16H,8-12,14H2,(H,22,25). The number of nitrogens with one attached hydrogen (secondary N) is 1. The molecule has 0 radical (unpaired) electrons. The van der Waals surface area contributed by atoms with Crippen molar-refractivity contribution in [1.82, 2.24) is 4.90 Å². The van der Waals surface area contributed by atoms with Crippen LogP contribution in [0.4, 0.5) is 11.4 Å². The maximum atomic E-state index is 12.3. The quantitative estimate of drug-likeness (QED) is 0.597. The van der Waals surface area contributed by atoms with Crippen LogP contribution in [-0.2, 0) is 11.2 Å². The fraction of sp³-hybridized carbons (Fsp3) is 0.350. The number of rotatable bonds is 6. The fourth-order valence-electron chi connectivity index (χ4n) is 3.41. The summed E-state index contributed by atoms with van der Waals surface area (Å²) in [6.45, 7) is 2.07. The normalized spacial score (nSPS) is 15.4. The van der Waals surface area contributed by atoms with Crippen molar-refractivity contribution in [1.29, 1.82) is 0 Å². The van der Waals surface area contributed by atoms with Crippen LogP contribution in [-0.4, -0.2) is 35.4 Å². The summed E-state index contributed by atoms with van der Waals surface area (Å²) in [4.78, 5) is 24.6. The van der Waals surface area contributed by atoms with Crippen LogP contribution in [0.15, 0.2) is 48.5 Å². The van der Waals surface area contributed by atoms with E-state index in [2.05, 4.69) is 34.5 Å². The molecule has 1 saturated heterocycles. The molecule has 0 bridgehead atoms. The number of nitro benzene ring substituents is 1. The van der Waals surface area contributed by atoms with Gasteiger partial charge in [0, 0.05) is 12.1 Å². The molecule has 1 amide bonds. The van der Waals surface area contributed by atoms with Crippen LogP contribution in [0.5, 0.6) is 0 Å². The molecule has 2 aromatic carbocycles. The summed E-state index contributed by atoms with van der Waals surface area (Å²) in [5.74, 6) is 0.489. The Morgan fingerprint density at radius 3 is 2.52 bits per heavy atom. The summed E-state index contributed by atoms with van der Waals surface area (Å²) in [5.41, 5.74) is 1.66. The van der Waals surface area contributed by atoms with Gasteiger partial charge in [0.25, 0.3) is 5.69 Å². The van der Waals surface area contributed by atoms with Crippen LogP contribution in [0.25, 0.3) is 0 Å². The van der Waals surface area contributed by atoms with Crippen LogP contribution >= 0.6 is 11.6 Å². The first-order valence-electron chi connectivity index (χ1n) is 9.01. The van der Waals surface area contributed by atoms with E-state index >= 15 is 0 Å². The molecule has 1 aliphatic rings. The molecule has 3 rings (SSSR count). The van der Waals surface area contributed by atoms with E-state index in [1.165, 1.54) is 23.8 Å². The highest BCUT2D eigenvalue weighted by molar-refractivity contribution is 6.34. The number of nitrogens with zero attached hydrogens (tertiary/aromatic N) is 2. The van der Waals surface area contributed by atoms with Crippen LogP contribution < -0.4 is 5.32 Å².